The third kappa shape index (κ3) is 2.49. The number of likely N-dealkylation sites (N-methyl/N-ethyl adjacent to an activating group) is 1. The van der Waals surface area contributed by atoms with Gasteiger partial charge in [0.25, 0.3) is 0 Å². The van der Waals surface area contributed by atoms with Gasteiger partial charge in [0.1, 0.15) is 6.04 Å². The lowest BCUT2D eigenvalue weighted by atomic mass is 10.0. The van der Waals surface area contributed by atoms with Crippen molar-refractivity contribution in [1.82, 2.24) is 10.3 Å². The smallest absolute Gasteiger partial charge is 0.327 e. The van der Waals surface area contributed by atoms with E-state index in [1.807, 2.05) is 37.3 Å². The number of carbonyl (C=O) groups excluding carboxylic acids is 1. The normalized spacial score (nSPS) is 12.3. The van der Waals surface area contributed by atoms with Crippen molar-refractivity contribution in [3.05, 3.63) is 42.1 Å². The van der Waals surface area contributed by atoms with Crippen LogP contribution in [-0.4, -0.2) is 24.6 Å². The van der Waals surface area contributed by atoms with Gasteiger partial charge < -0.3 is 10.1 Å². The molecule has 4 heteroatoms. The number of nitrogens with zero attached hydrogens (tertiary/aromatic N) is 1. The summed E-state index contributed by atoms with van der Waals surface area (Å²) >= 11 is 0. The highest BCUT2D eigenvalue weighted by Crippen LogP contribution is 2.20. The molecule has 1 atom stereocenters. The van der Waals surface area contributed by atoms with E-state index >= 15 is 0 Å². The molecule has 0 radical (unpaired) electrons. The molecule has 4 nitrogen and oxygen atoms in total. The summed E-state index contributed by atoms with van der Waals surface area (Å²) in [5.74, 6) is -0.278. The zero-order chi connectivity index (χ0) is 13.0. The summed E-state index contributed by atoms with van der Waals surface area (Å²) < 4.78 is 4.81. The highest BCUT2D eigenvalue weighted by atomic mass is 16.5. The number of benzene rings is 1. The Bertz CT molecular complexity index is 554. The third-order valence-corrected chi connectivity index (χ3v) is 2.81. The van der Waals surface area contributed by atoms with E-state index in [2.05, 4.69) is 10.3 Å². The number of aromatic nitrogens is 1. The van der Waals surface area contributed by atoms with Gasteiger partial charge in [-0.25, -0.2) is 4.79 Å². The van der Waals surface area contributed by atoms with Gasteiger partial charge in [-0.05, 0) is 30.3 Å². The molecule has 94 valence electrons. The first kappa shape index (κ1) is 12.5. The number of esters is 1. The fourth-order valence-electron chi connectivity index (χ4n) is 1.93. The Labute approximate surface area is 106 Å². The van der Waals surface area contributed by atoms with Crippen molar-refractivity contribution in [2.75, 3.05) is 13.7 Å². The first-order chi connectivity index (χ1) is 8.76. The van der Waals surface area contributed by atoms with E-state index in [4.69, 9.17) is 4.74 Å². The van der Waals surface area contributed by atoms with E-state index in [9.17, 15) is 4.79 Å². The van der Waals surface area contributed by atoms with Crippen molar-refractivity contribution < 1.29 is 9.53 Å². The lowest BCUT2D eigenvalue weighted by Gasteiger charge is -2.16. The first-order valence-corrected chi connectivity index (χ1v) is 5.92. The number of nitrogens with one attached hydrogen (secondary N) is 1. The maximum Gasteiger partial charge on any atom is 0.327 e. The number of hydrogen-bond donors (Lipinski definition) is 1. The Kier molecular flexibility index (Phi) is 3.89. The summed E-state index contributed by atoms with van der Waals surface area (Å²) in [6, 6.07) is 9.22. The molecule has 0 spiro atoms. The molecule has 1 heterocycles. The summed E-state index contributed by atoms with van der Waals surface area (Å²) in [5, 5.41) is 4.13. The molecule has 0 saturated heterocycles. The second-order valence-electron chi connectivity index (χ2n) is 3.97. The predicted molar refractivity (Wildman–Crippen MR) is 70.2 cm³/mol. The first-order valence-electron chi connectivity index (χ1n) is 5.92. The number of carbonyl (C=O) groups is 1. The molecule has 0 bridgehead atoms. The molecular formula is C14H16N2O2. The molecule has 2 aromatic rings. The average Bonchev–Trinajstić information content (AvgIpc) is 2.43. The highest BCUT2D eigenvalue weighted by Gasteiger charge is 2.20. The SMILES string of the molecule is CCNC(C(=O)OC)c1ccc2ncccc2c1. The van der Waals surface area contributed by atoms with Gasteiger partial charge in [0.15, 0.2) is 0 Å². The van der Waals surface area contributed by atoms with Crippen LogP contribution in [0.15, 0.2) is 36.5 Å². The molecule has 1 aromatic heterocycles. The van der Waals surface area contributed by atoms with E-state index in [1.54, 1.807) is 6.20 Å². The Balaban J connectivity index is 2.41. The van der Waals surface area contributed by atoms with Gasteiger partial charge in [-0.1, -0.05) is 19.1 Å². The molecule has 0 aliphatic heterocycles. The second-order valence-corrected chi connectivity index (χ2v) is 3.97. The van der Waals surface area contributed by atoms with E-state index < -0.39 is 6.04 Å². The molecule has 1 aromatic carbocycles. The fourth-order valence-corrected chi connectivity index (χ4v) is 1.93. The van der Waals surface area contributed by atoms with Crippen LogP contribution >= 0.6 is 0 Å². The van der Waals surface area contributed by atoms with Crippen molar-refractivity contribution >= 4 is 16.9 Å². The maximum atomic E-state index is 11.7. The zero-order valence-corrected chi connectivity index (χ0v) is 10.5. The van der Waals surface area contributed by atoms with E-state index in [0.29, 0.717) is 6.54 Å². The van der Waals surface area contributed by atoms with Gasteiger partial charge in [-0.3, -0.25) is 4.98 Å². The largest absolute Gasteiger partial charge is 0.468 e. The molecule has 1 unspecified atom stereocenters. The van der Waals surface area contributed by atoms with Gasteiger partial charge in [0, 0.05) is 11.6 Å². The summed E-state index contributed by atoms with van der Waals surface area (Å²) in [6.07, 6.45) is 1.75. The Hall–Kier alpha value is -1.94. The van der Waals surface area contributed by atoms with Crippen LogP contribution in [0, 0.1) is 0 Å². The molecule has 0 aliphatic rings. The Morgan fingerprint density at radius 3 is 3.00 bits per heavy atom. The molecule has 1 N–H and O–H groups in total. The van der Waals surface area contributed by atoms with Crippen LogP contribution in [0.1, 0.15) is 18.5 Å². The van der Waals surface area contributed by atoms with Crippen LogP contribution < -0.4 is 5.32 Å². The quantitative estimate of drug-likeness (QED) is 0.836. The Morgan fingerprint density at radius 2 is 2.28 bits per heavy atom. The summed E-state index contributed by atoms with van der Waals surface area (Å²) in [6.45, 7) is 2.66. The molecule has 0 aliphatic carbocycles. The van der Waals surface area contributed by atoms with Gasteiger partial charge in [0.05, 0.1) is 12.6 Å². The molecule has 18 heavy (non-hydrogen) atoms. The predicted octanol–water partition coefficient (Wildman–Crippen LogP) is 2.06. The van der Waals surface area contributed by atoms with Crippen molar-refractivity contribution in [2.24, 2.45) is 0 Å². The summed E-state index contributed by atoms with van der Waals surface area (Å²) in [7, 11) is 1.40. The van der Waals surface area contributed by atoms with E-state index in [1.165, 1.54) is 7.11 Å². The number of pyridine rings is 1. The minimum absolute atomic E-state index is 0.278. The van der Waals surface area contributed by atoms with Crippen LogP contribution in [0.25, 0.3) is 10.9 Å². The van der Waals surface area contributed by atoms with Crippen molar-refractivity contribution in [2.45, 2.75) is 13.0 Å². The van der Waals surface area contributed by atoms with Crippen LogP contribution in [0.4, 0.5) is 0 Å². The zero-order valence-electron chi connectivity index (χ0n) is 10.5. The van der Waals surface area contributed by atoms with Crippen LogP contribution in [0.3, 0.4) is 0 Å². The number of methoxy groups -OCH3 is 1. The second kappa shape index (κ2) is 5.60. The van der Waals surface area contributed by atoms with Gasteiger partial charge >= 0.3 is 5.97 Å². The van der Waals surface area contributed by atoms with Crippen LogP contribution in [0.2, 0.25) is 0 Å². The van der Waals surface area contributed by atoms with Crippen molar-refractivity contribution in [3.8, 4) is 0 Å². The molecule has 0 amide bonds. The van der Waals surface area contributed by atoms with E-state index in [0.717, 1.165) is 16.5 Å². The third-order valence-electron chi connectivity index (χ3n) is 2.81. The minimum atomic E-state index is -0.426. The fraction of sp³-hybridized carbons (Fsp3) is 0.286. The molecule has 0 saturated carbocycles. The van der Waals surface area contributed by atoms with Gasteiger partial charge in [0.2, 0.25) is 0 Å². The molecule has 0 fully saturated rings. The highest BCUT2D eigenvalue weighted by molar-refractivity contribution is 5.83. The minimum Gasteiger partial charge on any atom is -0.468 e. The maximum absolute atomic E-state index is 11.7. The number of rotatable bonds is 4. The van der Waals surface area contributed by atoms with Crippen molar-refractivity contribution in [3.63, 3.8) is 0 Å². The van der Waals surface area contributed by atoms with Crippen LogP contribution in [-0.2, 0) is 9.53 Å². The van der Waals surface area contributed by atoms with Gasteiger partial charge in [-0.15, -0.1) is 0 Å². The molecular weight excluding hydrogens is 228 g/mol. The van der Waals surface area contributed by atoms with Crippen molar-refractivity contribution in [1.29, 1.82) is 0 Å². The monoisotopic (exact) mass is 244 g/mol. The summed E-state index contributed by atoms with van der Waals surface area (Å²) in [4.78, 5) is 16.0. The molecule has 2 rings (SSSR count). The lowest BCUT2D eigenvalue weighted by molar-refractivity contribution is -0.143. The topological polar surface area (TPSA) is 51.2 Å². The standard InChI is InChI=1S/C14H16N2O2/c1-3-15-13(14(17)18-2)11-6-7-12-10(9-11)5-4-8-16-12/h4-9,13,15H,3H2,1-2H3. The van der Waals surface area contributed by atoms with E-state index in [-0.39, 0.29) is 5.97 Å². The van der Waals surface area contributed by atoms with Crippen LogP contribution in [0.5, 0.6) is 0 Å². The van der Waals surface area contributed by atoms with Gasteiger partial charge in [-0.2, -0.15) is 0 Å². The average molecular weight is 244 g/mol. The number of hydrogen-bond acceptors (Lipinski definition) is 4. The lowest BCUT2D eigenvalue weighted by Crippen LogP contribution is -2.29. The summed E-state index contributed by atoms with van der Waals surface area (Å²) in [5.41, 5.74) is 1.81. The Morgan fingerprint density at radius 1 is 1.44 bits per heavy atom. The number of ether oxygens (including phenoxy) is 1. The number of fused-ring (bicyclic) bond motifs is 1.